The lowest BCUT2D eigenvalue weighted by Gasteiger charge is -2.25. The summed E-state index contributed by atoms with van der Waals surface area (Å²) in [5, 5.41) is 18.7. The van der Waals surface area contributed by atoms with Gasteiger partial charge in [0.25, 0.3) is 0 Å². The van der Waals surface area contributed by atoms with Crippen molar-refractivity contribution in [3.8, 4) is 0 Å². The fourth-order valence-corrected chi connectivity index (χ4v) is 3.62. The molecular formula is C19H25N3O3. The molecule has 2 aromatic rings. The van der Waals surface area contributed by atoms with E-state index in [2.05, 4.69) is 10.2 Å². The predicted octanol–water partition coefficient (Wildman–Crippen LogP) is 3.56. The van der Waals surface area contributed by atoms with E-state index in [0.29, 0.717) is 35.6 Å². The first-order valence-corrected chi connectivity index (χ1v) is 9.01. The first-order chi connectivity index (χ1) is 12.2. The highest BCUT2D eigenvalue weighted by Gasteiger charge is 2.26. The van der Waals surface area contributed by atoms with E-state index in [-0.39, 0.29) is 12.5 Å². The largest absolute Gasteiger partial charge is 0.425 e. The molecular weight excluding hydrogens is 318 g/mol. The fraction of sp³-hybridized carbons (Fsp3) is 0.526. The zero-order valence-electron chi connectivity index (χ0n) is 14.4. The molecule has 1 aliphatic rings. The zero-order chi connectivity index (χ0) is 17.5. The highest BCUT2D eigenvalue weighted by Crippen LogP contribution is 2.33. The van der Waals surface area contributed by atoms with E-state index in [1.54, 1.807) is 0 Å². The Kier molecular flexibility index (Phi) is 6.17. The number of carbonyl (C=O) groups excluding carboxylic acids is 1. The van der Waals surface area contributed by atoms with Crippen LogP contribution in [0.3, 0.4) is 0 Å². The van der Waals surface area contributed by atoms with Crippen LogP contribution in [-0.2, 0) is 11.2 Å². The Labute approximate surface area is 147 Å². The lowest BCUT2D eigenvalue weighted by molar-refractivity contribution is -0.151. The fourth-order valence-electron chi connectivity index (χ4n) is 3.62. The van der Waals surface area contributed by atoms with E-state index in [4.69, 9.17) is 4.42 Å². The SMILES string of the molecule is O=CN(O)CC(CC1CCCCC1)c1nnc(Cc2ccccc2)o1. The second-order valence-corrected chi connectivity index (χ2v) is 6.86. The minimum atomic E-state index is -0.129. The van der Waals surface area contributed by atoms with Crippen LogP contribution in [0.1, 0.15) is 61.8 Å². The highest BCUT2D eigenvalue weighted by atomic mass is 16.5. The number of nitrogens with zero attached hydrogens (tertiary/aromatic N) is 3. The van der Waals surface area contributed by atoms with Gasteiger partial charge < -0.3 is 4.42 Å². The molecule has 0 bridgehead atoms. The summed E-state index contributed by atoms with van der Waals surface area (Å²) in [7, 11) is 0. The lowest BCUT2D eigenvalue weighted by atomic mass is 9.82. The molecule has 0 radical (unpaired) electrons. The topological polar surface area (TPSA) is 79.5 Å². The van der Waals surface area contributed by atoms with Gasteiger partial charge in [-0.3, -0.25) is 10.0 Å². The van der Waals surface area contributed by atoms with Crippen LogP contribution >= 0.6 is 0 Å². The number of carbonyl (C=O) groups is 1. The number of hydrogen-bond donors (Lipinski definition) is 1. The van der Waals surface area contributed by atoms with Gasteiger partial charge in [-0.1, -0.05) is 62.4 Å². The molecule has 1 heterocycles. The van der Waals surface area contributed by atoms with Gasteiger partial charge in [-0.15, -0.1) is 10.2 Å². The van der Waals surface area contributed by atoms with Crippen LogP contribution in [0.5, 0.6) is 0 Å². The van der Waals surface area contributed by atoms with Gasteiger partial charge in [-0.05, 0) is 17.9 Å². The van der Waals surface area contributed by atoms with Crippen molar-refractivity contribution in [3.63, 3.8) is 0 Å². The van der Waals surface area contributed by atoms with Gasteiger partial charge in [0, 0.05) is 0 Å². The summed E-state index contributed by atoms with van der Waals surface area (Å²) in [5.74, 6) is 1.53. The summed E-state index contributed by atoms with van der Waals surface area (Å²) >= 11 is 0. The number of benzene rings is 1. The summed E-state index contributed by atoms with van der Waals surface area (Å²) in [4.78, 5) is 10.8. The van der Waals surface area contributed by atoms with Crippen LogP contribution in [0.2, 0.25) is 0 Å². The molecule has 1 atom stereocenters. The summed E-state index contributed by atoms with van der Waals surface area (Å²) in [6.45, 7) is 0.187. The van der Waals surface area contributed by atoms with E-state index in [0.717, 1.165) is 12.0 Å². The van der Waals surface area contributed by atoms with Crippen molar-refractivity contribution < 1.29 is 14.4 Å². The Morgan fingerprint density at radius 2 is 1.96 bits per heavy atom. The Morgan fingerprint density at radius 1 is 1.20 bits per heavy atom. The first kappa shape index (κ1) is 17.6. The summed E-state index contributed by atoms with van der Waals surface area (Å²) in [6.07, 6.45) is 8.03. The van der Waals surface area contributed by atoms with E-state index in [9.17, 15) is 10.0 Å². The van der Waals surface area contributed by atoms with Crippen molar-refractivity contribution in [2.24, 2.45) is 5.92 Å². The van der Waals surface area contributed by atoms with Crippen molar-refractivity contribution in [3.05, 3.63) is 47.7 Å². The minimum absolute atomic E-state index is 0.129. The summed E-state index contributed by atoms with van der Waals surface area (Å²) < 4.78 is 5.86. The Bertz CT molecular complexity index is 653. The number of aromatic nitrogens is 2. The third kappa shape index (κ3) is 5.13. The third-order valence-electron chi connectivity index (χ3n) is 4.90. The molecule has 1 aromatic carbocycles. The molecule has 134 valence electrons. The van der Waals surface area contributed by atoms with Crippen LogP contribution in [0.15, 0.2) is 34.7 Å². The van der Waals surface area contributed by atoms with Crippen molar-refractivity contribution >= 4 is 6.41 Å². The molecule has 1 unspecified atom stereocenters. The Hall–Kier alpha value is -2.21. The lowest BCUT2D eigenvalue weighted by Crippen LogP contribution is -2.26. The van der Waals surface area contributed by atoms with Gasteiger partial charge >= 0.3 is 0 Å². The molecule has 25 heavy (non-hydrogen) atoms. The Morgan fingerprint density at radius 3 is 2.68 bits per heavy atom. The van der Waals surface area contributed by atoms with Crippen molar-refractivity contribution in [1.82, 2.24) is 15.3 Å². The maximum atomic E-state index is 10.8. The molecule has 0 aliphatic heterocycles. The van der Waals surface area contributed by atoms with Crippen LogP contribution in [-0.4, -0.2) is 33.4 Å². The third-order valence-corrected chi connectivity index (χ3v) is 4.90. The van der Waals surface area contributed by atoms with Crippen LogP contribution in [0.4, 0.5) is 0 Å². The van der Waals surface area contributed by atoms with Gasteiger partial charge in [-0.2, -0.15) is 0 Å². The first-order valence-electron chi connectivity index (χ1n) is 9.01. The smallest absolute Gasteiger partial charge is 0.233 e. The molecule has 0 spiro atoms. The van der Waals surface area contributed by atoms with Crippen LogP contribution in [0.25, 0.3) is 0 Å². The normalized spacial score (nSPS) is 16.5. The number of amides is 1. The molecule has 1 aliphatic carbocycles. The molecule has 6 heteroatoms. The van der Waals surface area contributed by atoms with Crippen molar-refractivity contribution in [2.75, 3.05) is 6.54 Å². The maximum Gasteiger partial charge on any atom is 0.233 e. The van der Waals surface area contributed by atoms with E-state index < -0.39 is 0 Å². The summed E-state index contributed by atoms with van der Waals surface area (Å²) in [6, 6.07) is 9.97. The van der Waals surface area contributed by atoms with Gasteiger partial charge in [0.15, 0.2) is 0 Å². The number of hydroxylamine groups is 2. The summed E-state index contributed by atoms with van der Waals surface area (Å²) in [5.41, 5.74) is 1.11. The van der Waals surface area contributed by atoms with Gasteiger partial charge in [-0.25, -0.2) is 5.06 Å². The molecule has 1 fully saturated rings. The minimum Gasteiger partial charge on any atom is -0.425 e. The molecule has 6 nitrogen and oxygen atoms in total. The van der Waals surface area contributed by atoms with Crippen molar-refractivity contribution in [1.29, 1.82) is 0 Å². The van der Waals surface area contributed by atoms with Crippen LogP contribution < -0.4 is 0 Å². The predicted molar refractivity (Wildman–Crippen MR) is 92.0 cm³/mol. The average molecular weight is 343 g/mol. The molecule has 1 amide bonds. The molecule has 0 saturated heterocycles. The van der Waals surface area contributed by atoms with Crippen LogP contribution in [0, 0.1) is 5.92 Å². The van der Waals surface area contributed by atoms with E-state index in [1.165, 1.54) is 32.1 Å². The zero-order valence-corrected chi connectivity index (χ0v) is 14.4. The van der Waals surface area contributed by atoms with Gasteiger partial charge in [0.1, 0.15) is 0 Å². The van der Waals surface area contributed by atoms with E-state index in [1.807, 2.05) is 30.3 Å². The molecule has 1 saturated carbocycles. The standard InChI is InChI=1S/C19H25N3O3/c23-14-22(24)13-17(11-15-7-3-1-4-8-15)19-21-20-18(25-19)12-16-9-5-2-6-10-16/h2,5-6,9-10,14-15,17,24H,1,3-4,7-8,11-13H2. The average Bonchev–Trinajstić information content (AvgIpc) is 3.11. The maximum absolute atomic E-state index is 10.8. The highest BCUT2D eigenvalue weighted by molar-refractivity contribution is 5.44. The number of hydrogen-bond acceptors (Lipinski definition) is 5. The molecule has 1 N–H and O–H groups in total. The van der Waals surface area contributed by atoms with Crippen molar-refractivity contribution in [2.45, 2.75) is 50.9 Å². The molecule has 3 rings (SSSR count). The Balaban J connectivity index is 1.69. The second-order valence-electron chi connectivity index (χ2n) is 6.86. The quantitative estimate of drug-likeness (QED) is 0.450. The van der Waals surface area contributed by atoms with E-state index >= 15 is 0 Å². The number of rotatable bonds is 8. The molecule has 1 aromatic heterocycles. The second kappa shape index (κ2) is 8.76. The monoisotopic (exact) mass is 343 g/mol. The van der Waals surface area contributed by atoms with Gasteiger partial charge in [0.05, 0.1) is 18.9 Å². The van der Waals surface area contributed by atoms with Gasteiger partial charge in [0.2, 0.25) is 18.2 Å².